The molecular formula is C21H15FN2O2. The molecule has 1 N–H and O–H groups in total. The fourth-order valence-corrected chi connectivity index (χ4v) is 2.71. The van der Waals surface area contributed by atoms with Crippen LogP contribution < -0.4 is 10.3 Å². The molecule has 5 heteroatoms. The zero-order valence-corrected chi connectivity index (χ0v) is 13.8. The Kier molecular flexibility index (Phi) is 4.19. The summed E-state index contributed by atoms with van der Waals surface area (Å²) in [5.74, 6) is 0.816. The molecule has 0 aliphatic rings. The number of aromatic amines is 1. The summed E-state index contributed by atoms with van der Waals surface area (Å²) < 4.78 is 19.2. The van der Waals surface area contributed by atoms with Gasteiger partial charge in [0.15, 0.2) is 0 Å². The highest BCUT2D eigenvalue weighted by Crippen LogP contribution is 2.21. The van der Waals surface area contributed by atoms with Crippen LogP contribution in [0.3, 0.4) is 0 Å². The van der Waals surface area contributed by atoms with E-state index in [1.165, 1.54) is 6.07 Å². The molecule has 0 bridgehead atoms. The van der Waals surface area contributed by atoms with Gasteiger partial charge in [-0.1, -0.05) is 30.3 Å². The van der Waals surface area contributed by atoms with Crippen molar-refractivity contribution in [3.8, 4) is 17.1 Å². The Morgan fingerprint density at radius 2 is 1.65 bits per heavy atom. The monoisotopic (exact) mass is 346 g/mol. The first-order valence-corrected chi connectivity index (χ1v) is 8.16. The molecule has 1 heterocycles. The highest BCUT2D eigenvalue weighted by molar-refractivity contribution is 5.79. The number of rotatable bonds is 4. The third-order valence-electron chi connectivity index (χ3n) is 4.09. The average molecular weight is 346 g/mol. The summed E-state index contributed by atoms with van der Waals surface area (Å²) in [6.45, 7) is 0.150. The topological polar surface area (TPSA) is 55.0 Å². The van der Waals surface area contributed by atoms with E-state index in [0.717, 1.165) is 5.56 Å². The van der Waals surface area contributed by atoms with Crippen LogP contribution in [0.1, 0.15) is 5.56 Å². The van der Waals surface area contributed by atoms with Gasteiger partial charge in [-0.05, 0) is 42.5 Å². The van der Waals surface area contributed by atoms with E-state index in [4.69, 9.17) is 4.74 Å². The number of para-hydroxylation sites is 1. The molecule has 26 heavy (non-hydrogen) atoms. The molecule has 128 valence electrons. The van der Waals surface area contributed by atoms with E-state index in [2.05, 4.69) is 9.97 Å². The number of nitrogens with zero attached hydrogens (tertiary/aromatic N) is 1. The van der Waals surface area contributed by atoms with Crippen molar-refractivity contribution in [1.29, 1.82) is 0 Å². The summed E-state index contributed by atoms with van der Waals surface area (Å²) in [4.78, 5) is 19.5. The zero-order valence-electron chi connectivity index (χ0n) is 13.8. The lowest BCUT2D eigenvalue weighted by molar-refractivity contribution is 0.300. The number of benzene rings is 3. The van der Waals surface area contributed by atoms with Crippen molar-refractivity contribution in [3.63, 3.8) is 0 Å². The molecule has 0 atom stereocenters. The normalized spacial score (nSPS) is 10.8. The maximum absolute atomic E-state index is 13.6. The predicted octanol–water partition coefficient (Wildman–Crippen LogP) is 4.31. The molecule has 1 aromatic heterocycles. The summed E-state index contributed by atoms with van der Waals surface area (Å²) in [6.07, 6.45) is 0. The predicted molar refractivity (Wildman–Crippen MR) is 98.5 cm³/mol. The van der Waals surface area contributed by atoms with Crippen molar-refractivity contribution in [3.05, 3.63) is 94.5 Å². The van der Waals surface area contributed by atoms with E-state index in [1.807, 2.05) is 18.2 Å². The number of hydrogen-bond acceptors (Lipinski definition) is 3. The van der Waals surface area contributed by atoms with E-state index in [9.17, 15) is 9.18 Å². The van der Waals surface area contributed by atoms with Gasteiger partial charge in [-0.25, -0.2) is 9.37 Å². The van der Waals surface area contributed by atoms with Crippen molar-refractivity contribution in [2.75, 3.05) is 0 Å². The third kappa shape index (κ3) is 3.19. The van der Waals surface area contributed by atoms with E-state index in [-0.39, 0.29) is 18.0 Å². The molecule has 0 unspecified atom stereocenters. The summed E-state index contributed by atoms with van der Waals surface area (Å²) >= 11 is 0. The maximum atomic E-state index is 13.6. The highest BCUT2D eigenvalue weighted by Gasteiger charge is 2.06. The van der Waals surface area contributed by atoms with Crippen molar-refractivity contribution in [1.82, 2.24) is 9.97 Å². The number of hydrogen-bond donors (Lipinski definition) is 1. The lowest BCUT2D eigenvalue weighted by atomic mass is 10.2. The van der Waals surface area contributed by atoms with Gasteiger partial charge < -0.3 is 9.72 Å². The van der Waals surface area contributed by atoms with Crippen molar-refractivity contribution < 1.29 is 9.13 Å². The van der Waals surface area contributed by atoms with Crippen LogP contribution in [0.2, 0.25) is 0 Å². The second-order valence-corrected chi connectivity index (χ2v) is 5.84. The first-order valence-electron chi connectivity index (χ1n) is 8.16. The van der Waals surface area contributed by atoms with Gasteiger partial charge in [-0.3, -0.25) is 4.79 Å². The fraction of sp³-hybridized carbons (Fsp3) is 0.0476. The number of fused-ring (bicyclic) bond motifs is 1. The van der Waals surface area contributed by atoms with Gasteiger partial charge in [0.05, 0.1) is 10.9 Å². The molecule has 0 saturated heterocycles. The Morgan fingerprint density at radius 1 is 0.923 bits per heavy atom. The standard InChI is InChI=1S/C21H15FN2O2/c22-18-7-3-1-5-15(18)13-26-16-11-9-14(10-12-16)20-23-19-8-4-2-6-17(19)21(25)24-20/h1-12H,13H2,(H,23,24,25). The minimum absolute atomic E-state index is 0.150. The molecular weight excluding hydrogens is 331 g/mol. The smallest absolute Gasteiger partial charge is 0.259 e. The molecule has 0 fully saturated rings. The van der Waals surface area contributed by atoms with Crippen LogP contribution in [0.5, 0.6) is 5.75 Å². The highest BCUT2D eigenvalue weighted by atomic mass is 19.1. The molecule has 0 saturated carbocycles. The zero-order chi connectivity index (χ0) is 17.9. The molecule has 4 rings (SSSR count). The van der Waals surface area contributed by atoms with Crippen LogP contribution in [-0.4, -0.2) is 9.97 Å². The molecule has 0 aliphatic carbocycles. The van der Waals surface area contributed by atoms with Gasteiger partial charge in [-0.15, -0.1) is 0 Å². The molecule has 3 aromatic carbocycles. The van der Waals surface area contributed by atoms with Crippen LogP contribution in [0.15, 0.2) is 77.6 Å². The summed E-state index contributed by atoms with van der Waals surface area (Å²) in [5, 5.41) is 0.557. The van der Waals surface area contributed by atoms with Gasteiger partial charge in [0.1, 0.15) is 24.0 Å². The van der Waals surface area contributed by atoms with Crippen molar-refractivity contribution in [2.24, 2.45) is 0 Å². The number of ether oxygens (including phenoxy) is 1. The van der Waals surface area contributed by atoms with Crippen LogP contribution in [0.4, 0.5) is 4.39 Å². The van der Waals surface area contributed by atoms with Crippen molar-refractivity contribution in [2.45, 2.75) is 6.61 Å². The van der Waals surface area contributed by atoms with E-state index >= 15 is 0 Å². The first kappa shape index (κ1) is 16.0. The number of nitrogens with one attached hydrogen (secondary N) is 1. The van der Waals surface area contributed by atoms with Gasteiger partial charge in [0, 0.05) is 11.1 Å². The Labute approximate surface area is 148 Å². The lowest BCUT2D eigenvalue weighted by Crippen LogP contribution is -2.09. The Bertz CT molecular complexity index is 1120. The van der Waals surface area contributed by atoms with E-state index in [1.54, 1.807) is 48.5 Å². The van der Waals surface area contributed by atoms with Gasteiger partial charge in [0.25, 0.3) is 5.56 Å². The number of H-pyrrole nitrogens is 1. The molecule has 4 nitrogen and oxygen atoms in total. The number of aromatic nitrogens is 2. The second kappa shape index (κ2) is 6.80. The summed E-state index contributed by atoms with van der Waals surface area (Å²) in [6, 6.07) is 20.9. The number of halogens is 1. The SMILES string of the molecule is O=c1[nH]c(-c2ccc(OCc3ccccc3F)cc2)nc2ccccc12. The summed E-state index contributed by atoms with van der Waals surface area (Å²) in [7, 11) is 0. The summed E-state index contributed by atoms with van der Waals surface area (Å²) in [5.41, 5.74) is 1.74. The Morgan fingerprint density at radius 3 is 2.46 bits per heavy atom. The first-order chi connectivity index (χ1) is 12.7. The van der Waals surface area contributed by atoms with Gasteiger partial charge in [-0.2, -0.15) is 0 Å². The van der Waals surface area contributed by atoms with Crippen LogP contribution in [0.25, 0.3) is 22.3 Å². The average Bonchev–Trinajstić information content (AvgIpc) is 2.68. The fourth-order valence-electron chi connectivity index (χ4n) is 2.71. The lowest BCUT2D eigenvalue weighted by Gasteiger charge is -2.08. The second-order valence-electron chi connectivity index (χ2n) is 5.84. The van der Waals surface area contributed by atoms with Gasteiger partial charge >= 0.3 is 0 Å². The van der Waals surface area contributed by atoms with Crippen LogP contribution in [-0.2, 0) is 6.61 Å². The molecule has 4 aromatic rings. The van der Waals surface area contributed by atoms with E-state index in [0.29, 0.717) is 28.0 Å². The quantitative estimate of drug-likeness (QED) is 0.599. The van der Waals surface area contributed by atoms with Crippen LogP contribution >= 0.6 is 0 Å². The Balaban J connectivity index is 1.56. The third-order valence-corrected chi connectivity index (χ3v) is 4.09. The van der Waals surface area contributed by atoms with Crippen LogP contribution in [0, 0.1) is 5.82 Å². The molecule has 0 radical (unpaired) electrons. The van der Waals surface area contributed by atoms with Gasteiger partial charge in [0.2, 0.25) is 0 Å². The molecule has 0 spiro atoms. The molecule has 0 aliphatic heterocycles. The van der Waals surface area contributed by atoms with Crippen molar-refractivity contribution >= 4 is 10.9 Å². The largest absolute Gasteiger partial charge is 0.489 e. The minimum atomic E-state index is -0.290. The maximum Gasteiger partial charge on any atom is 0.259 e. The van der Waals surface area contributed by atoms with E-state index < -0.39 is 0 Å². The molecule has 0 amide bonds. The minimum Gasteiger partial charge on any atom is -0.489 e. The Hall–Kier alpha value is -3.47.